The van der Waals surface area contributed by atoms with Crippen LogP contribution in [0.25, 0.3) is 0 Å². The van der Waals surface area contributed by atoms with Gasteiger partial charge in [0.25, 0.3) is 0 Å². The number of hydrogen-bond donors (Lipinski definition) is 0. The summed E-state index contributed by atoms with van der Waals surface area (Å²) in [4.78, 5) is 23.7. The van der Waals surface area contributed by atoms with E-state index in [0.717, 1.165) is 12.0 Å². The average molecular weight is 377 g/mol. The van der Waals surface area contributed by atoms with E-state index in [9.17, 15) is 9.59 Å². The molecule has 0 radical (unpaired) electrons. The molecular formula is C19H17ClO6. The lowest BCUT2D eigenvalue weighted by atomic mass is 10.1. The van der Waals surface area contributed by atoms with Gasteiger partial charge in [-0.25, -0.2) is 9.59 Å². The normalized spacial score (nSPS) is 12.8. The SMILES string of the molecule is COC(=O)c1ccc(COC(=O)c2cc(Cl)c3c(c2)OCCCO3)cc1. The summed E-state index contributed by atoms with van der Waals surface area (Å²) in [6.45, 7) is 1.07. The predicted octanol–water partition coefficient (Wildman–Crippen LogP) is 3.64. The zero-order valence-corrected chi connectivity index (χ0v) is 14.9. The second kappa shape index (κ2) is 8.10. The van der Waals surface area contributed by atoms with Gasteiger partial charge in [-0.3, -0.25) is 0 Å². The minimum Gasteiger partial charge on any atom is -0.489 e. The lowest BCUT2D eigenvalue weighted by Gasteiger charge is -2.11. The van der Waals surface area contributed by atoms with E-state index in [1.54, 1.807) is 30.3 Å². The average Bonchev–Trinajstić information content (AvgIpc) is 2.91. The summed E-state index contributed by atoms with van der Waals surface area (Å²) >= 11 is 6.19. The second-order valence-electron chi connectivity index (χ2n) is 5.60. The van der Waals surface area contributed by atoms with Gasteiger partial charge >= 0.3 is 11.9 Å². The van der Waals surface area contributed by atoms with Crippen molar-refractivity contribution in [2.24, 2.45) is 0 Å². The molecule has 0 fully saturated rings. The van der Waals surface area contributed by atoms with E-state index in [1.165, 1.54) is 13.2 Å². The number of esters is 2. The van der Waals surface area contributed by atoms with Gasteiger partial charge in [0.15, 0.2) is 11.5 Å². The summed E-state index contributed by atoms with van der Waals surface area (Å²) in [5.41, 5.74) is 1.45. The van der Waals surface area contributed by atoms with Crippen molar-refractivity contribution in [2.75, 3.05) is 20.3 Å². The van der Waals surface area contributed by atoms with Gasteiger partial charge in [-0.05, 0) is 29.8 Å². The largest absolute Gasteiger partial charge is 0.489 e. The molecule has 136 valence electrons. The monoisotopic (exact) mass is 376 g/mol. The number of benzene rings is 2. The highest BCUT2D eigenvalue weighted by Crippen LogP contribution is 2.38. The topological polar surface area (TPSA) is 71.1 Å². The first-order valence-corrected chi connectivity index (χ1v) is 8.40. The van der Waals surface area contributed by atoms with Crippen molar-refractivity contribution in [1.29, 1.82) is 0 Å². The van der Waals surface area contributed by atoms with E-state index in [4.69, 9.17) is 25.8 Å². The van der Waals surface area contributed by atoms with Crippen molar-refractivity contribution < 1.29 is 28.5 Å². The smallest absolute Gasteiger partial charge is 0.338 e. The van der Waals surface area contributed by atoms with Gasteiger partial charge in [-0.1, -0.05) is 23.7 Å². The van der Waals surface area contributed by atoms with E-state index in [1.807, 2.05) is 0 Å². The molecule has 26 heavy (non-hydrogen) atoms. The first-order valence-electron chi connectivity index (χ1n) is 8.02. The number of rotatable bonds is 4. The van der Waals surface area contributed by atoms with Crippen LogP contribution >= 0.6 is 11.6 Å². The van der Waals surface area contributed by atoms with Gasteiger partial charge in [-0.15, -0.1) is 0 Å². The zero-order valence-electron chi connectivity index (χ0n) is 14.1. The van der Waals surface area contributed by atoms with Gasteiger partial charge < -0.3 is 18.9 Å². The molecule has 1 aliphatic heterocycles. The summed E-state index contributed by atoms with van der Waals surface area (Å²) in [7, 11) is 1.32. The van der Waals surface area contributed by atoms with Gasteiger partial charge in [0, 0.05) is 6.42 Å². The summed E-state index contributed by atoms with van der Waals surface area (Å²) < 4.78 is 21.1. The van der Waals surface area contributed by atoms with E-state index >= 15 is 0 Å². The molecule has 7 heteroatoms. The van der Waals surface area contributed by atoms with Crippen LogP contribution in [0.5, 0.6) is 11.5 Å². The van der Waals surface area contributed by atoms with Crippen LogP contribution in [0, 0.1) is 0 Å². The quantitative estimate of drug-likeness (QED) is 0.758. The van der Waals surface area contributed by atoms with E-state index in [-0.39, 0.29) is 12.2 Å². The van der Waals surface area contributed by atoms with Gasteiger partial charge in [0.2, 0.25) is 0 Å². The Morgan fingerprint density at radius 2 is 1.77 bits per heavy atom. The van der Waals surface area contributed by atoms with Crippen LogP contribution in [0.4, 0.5) is 0 Å². The Balaban J connectivity index is 1.67. The van der Waals surface area contributed by atoms with E-state index < -0.39 is 11.9 Å². The molecule has 6 nitrogen and oxygen atoms in total. The fourth-order valence-electron chi connectivity index (χ4n) is 2.44. The summed E-state index contributed by atoms with van der Waals surface area (Å²) in [6, 6.07) is 9.67. The van der Waals surface area contributed by atoms with Crippen molar-refractivity contribution in [3.8, 4) is 11.5 Å². The van der Waals surface area contributed by atoms with Crippen LogP contribution in [0.15, 0.2) is 36.4 Å². The lowest BCUT2D eigenvalue weighted by molar-refractivity contribution is 0.0471. The third kappa shape index (κ3) is 4.08. The molecule has 0 aromatic heterocycles. The predicted molar refractivity (Wildman–Crippen MR) is 94.0 cm³/mol. The molecule has 0 spiro atoms. The molecule has 0 saturated heterocycles. The number of carbonyl (C=O) groups is 2. The van der Waals surface area contributed by atoms with Crippen molar-refractivity contribution in [3.63, 3.8) is 0 Å². The maximum absolute atomic E-state index is 12.3. The fourth-order valence-corrected chi connectivity index (χ4v) is 2.70. The van der Waals surface area contributed by atoms with Crippen LogP contribution in [-0.2, 0) is 16.1 Å². The Morgan fingerprint density at radius 3 is 2.50 bits per heavy atom. The number of methoxy groups -OCH3 is 1. The molecule has 2 aromatic rings. The van der Waals surface area contributed by atoms with Crippen molar-refractivity contribution in [2.45, 2.75) is 13.0 Å². The fraction of sp³-hybridized carbons (Fsp3) is 0.263. The summed E-state index contributed by atoms with van der Waals surface area (Å²) in [6.07, 6.45) is 0.742. The molecule has 0 atom stereocenters. The molecule has 0 amide bonds. The van der Waals surface area contributed by atoms with E-state index in [0.29, 0.717) is 35.3 Å². The van der Waals surface area contributed by atoms with Crippen molar-refractivity contribution in [3.05, 3.63) is 58.1 Å². The molecule has 2 aromatic carbocycles. The third-order valence-electron chi connectivity index (χ3n) is 3.78. The van der Waals surface area contributed by atoms with Crippen molar-refractivity contribution in [1.82, 2.24) is 0 Å². The number of carbonyl (C=O) groups excluding carboxylic acids is 2. The minimum absolute atomic E-state index is 0.0619. The maximum atomic E-state index is 12.3. The molecule has 1 heterocycles. The number of hydrogen-bond acceptors (Lipinski definition) is 6. The third-order valence-corrected chi connectivity index (χ3v) is 4.06. The van der Waals surface area contributed by atoms with Crippen LogP contribution in [0.1, 0.15) is 32.7 Å². The molecule has 1 aliphatic rings. The molecular weight excluding hydrogens is 360 g/mol. The van der Waals surface area contributed by atoms with Gasteiger partial charge in [-0.2, -0.15) is 0 Å². The highest BCUT2D eigenvalue weighted by molar-refractivity contribution is 6.32. The Hall–Kier alpha value is -2.73. The Bertz CT molecular complexity index is 816. The Kier molecular flexibility index (Phi) is 5.63. The van der Waals surface area contributed by atoms with E-state index in [2.05, 4.69) is 4.74 Å². The Morgan fingerprint density at radius 1 is 1.04 bits per heavy atom. The number of fused-ring (bicyclic) bond motifs is 1. The van der Waals surface area contributed by atoms with Gasteiger partial charge in [0.05, 0.1) is 36.5 Å². The van der Waals surface area contributed by atoms with Crippen LogP contribution in [-0.4, -0.2) is 32.3 Å². The van der Waals surface area contributed by atoms with Crippen LogP contribution in [0.3, 0.4) is 0 Å². The zero-order chi connectivity index (χ0) is 18.5. The lowest BCUT2D eigenvalue weighted by Crippen LogP contribution is -2.07. The highest BCUT2D eigenvalue weighted by atomic mass is 35.5. The number of ether oxygens (including phenoxy) is 4. The molecule has 0 saturated carbocycles. The number of halogens is 1. The van der Waals surface area contributed by atoms with Crippen LogP contribution in [0.2, 0.25) is 5.02 Å². The standard InChI is InChI=1S/C19H17ClO6/c1-23-18(21)13-5-3-12(4-6-13)11-26-19(22)14-9-15(20)17-16(10-14)24-7-2-8-25-17/h3-6,9-10H,2,7-8,11H2,1H3. The van der Waals surface area contributed by atoms with Gasteiger partial charge in [0.1, 0.15) is 6.61 Å². The second-order valence-corrected chi connectivity index (χ2v) is 6.01. The Labute approximate surface area is 155 Å². The first kappa shape index (κ1) is 18.1. The summed E-state index contributed by atoms with van der Waals surface area (Å²) in [5, 5.41) is 0.304. The molecule has 0 aliphatic carbocycles. The molecule has 0 bridgehead atoms. The van der Waals surface area contributed by atoms with Crippen LogP contribution < -0.4 is 9.47 Å². The first-order chi connectivity index (χ1) is 12.6. The summed E-state index contributed by atoms with van der Waals surface area (Å²) in [5.74, 6) is -0.0709. The molecule has 0 N–H and O–H groups in total. The minimum atomic E-state index is -0.528. The van der Waals surface area contributed by atoms with Crippen molar-refractivity contribution >= 4 is 23.5 Å². The molecule has 0 unspecified atom stereocenters. The molecule has 3 rings (SSSR count). The highest BCUT2D eigenvalue weighted by Gasteiger charge is 2.19. The maximum Gasteiger partial charge on any atom is 0.338 e.